The van der Waals surface area contributed by atoms with E-state index in [9.17, 15) is 0 Å². The van der Waals surface area contributed by atoms with Crippen molar-refractivity contribution < 1.29 is 4.42 Å². The largest absolute Gasteiger partial charge is 0.455 e. The van der Waals surface area contributed by atoms with E-state index in [2.05, 4.69) is 133 Å². The van der Waals surface area contributed by atoms with Crippen LogP contribution in [0.1, 0.15) is 0 Å². The minimum Gasteiger partial charge on any atom is -0.455 e. The number of para-hydroxylation sites is 3. The second-order valence-corrected chi connectivity index (χ2v) is 14.1. The van der Waals surface area contributed by atoms with Crippen molar-refractivity contribution in [1.82, 2.24) is 15.0 Å². The van der Waals surface area contributed by atoms with Crippen LogP contribution in [0.5, 0.6) is 0 Å². The Hall–Kier alpha value is -6.69. The fourth-order valence-electron chi connectivity index (χ4n) is 7.74. The summed E-state index contributed by atoms with van der Waals surface area (Å²) >= 11 is 1.82. The summed E-state index contributed by atoms with van der Waals surface area (Å²) in [7, 11) is 0. The van der Waals surface area contributed by atoms with Gasteiger partial charge in [-0.2, -0.15) is 0 Å². The lowest BCUT2D eigenvalue weighted by Crippen LogP contribution is -1.96. The molecule has 4 heterocycles. The first-order valence-electron chi connectivity index (χ1n) is 17.4. The Balaban J connectivity index is 1.20. The summed E-state index contributed by atoms with van der Waals surface area (Å²) in [6.07, 6.45) is 0. The minimum atomic E-state index is 0.675. The van der Waals surface area contributed by atoms with Crippen molar-refractivity contribution in [3.8, 4) is 45.2 Å². The van der Waals surface area contributed by atoms with E-state index in [1.807, 2.05) is 41.7 Å². The third-order valence-corrected chi connectivity index (χ3v) is 11.3. The lowest BCUT2D eigenvalue weighted by molar-refractivity contribution is 0.670. The molecule has 242 valence electrons. The molecule has 0 unspecified atom stereocenters. The molecule has 5 heteroatoms. The molecule has 0 bridgehead atoms. The Morgan fingerprint density at radius 2 is 1.10 bits per heavy atom. The zero-order chi connectivity index (χ0) is 34.2. The number of hydrogen-bond donors (Lipinski definition) is 0. The van der Waals surface area contributed by atoms with E-state index in [0.29, 0.717) is 5.82 Å². The van der Waals surface area contributed by atoms with E-state index in [1.54, 1.807) is 0 Å². The van der Waals surface area contributed by atoms with Crippen molar-refractivity contribution in [2.45, 2.75) is 0 Å². The van der Waals surface area contributed by atoms with Crippen LogP contribution in [0.4, 0.5) is 0 Å². The summed E-state index contributed by atoms with van der Waals surface area (Å²) in [5.41, 5.74) is 9.46. The number of benzene rings is 7. The summed E-state index contributed by atoms with van der Waals surface area (Å²) in [6, 6.07) is 57.0. The number of fused-ring (bicyclic) bond motifs is 10. The van der Waals surface area contributed by atoms with E-state index >= 15 is 0 Å². The maximum atomic E-state index is 6.49. The lowest BCUT2D eigenvalue weighted by atomic mass is 9.95. The van der Waals surface area contributed by atoms with Crippen LogP contribution in [0.2, 0.25) is 0 Å². The molecule has 0 saturated heterocycles. The molecule has 4 aromatic heterocycles. The Bertz CT molecular complexity index is 3180. The molecule has 0 aliphatic carbocycles. The van der Waals surface area contributed by atoms with Crippen LogP contribution in [-0.2, 0) is 0 Å². The number of aromatic nitrogens is 3. The van der Waals surface area contributed by atoms with Crippen LogP contribution in [0.25, 0.3) is 109 Å². The smallest absolute Gasteiger partial charge is 0.160 e. The molecule has 11 aromatic rings. The number of thiophene rings is 1. The normalized spacial score (nSPS) is 11.8. The molecule has 0 aliphatic rings. The first kappa shape index (κ1) is 29.1. The molecular formula is C47H27N3OS. The van der Waals surface area contributed by atoms with Gasteiger partial charge in [-0.25, -0.2) is 15.0 Å². The number of hydrogen-bond acceptors (Lipinski definition) is 5. The Morgan fingerprint density at radius 1 is 0.442 bits per heavy atom. The van der Waals surface area contributed by atoms with Gasteiger partial charge in [0.05, 0.1) is 22.6 Å². The standard InChI is InChI=1S/C47H27N3OS/c1-3-13-28(14-4-1)44-35-25-26-41-43(42(35)32-18-7-9-23-37(32)48-44)36-22-12-21-34(46(36)52-41)39-27-38(49-47(50-39)29-15-5-2-6-16-29)33-20-11-19-31-30-17-8-10-24-40(30)51-45(31)33/h1-27H. The highest BCUT2D eigenvalue weighted by Gasteiger charge is 2.21. The molecule has 0 atom stereocenters. The number of rotatable bonds is 4. The van der Waals surface area contributed by atoms with Gasteiger partial charge in [0.1, 0.15) is 11.2 Å². The third-order valence-electron chi connectivity index (χ3n) is 10.1. The summed E-state index contributed by atoms with van der Waals surface area (Å²) in [5.74, 6) is 0.675. The molecule has 0 amide bonds. The molecule has 52 heavy (non-hydrogen) atoms. The van der Waals surface area contributed by atoms with Crippen molar-refractivity contribution in [2.75, 3.05) is 0 Å². The van der Waals surface area contributed by atoms with Crippen LogP contribution in [0.3, 0.4) is 0 Å². The highest BCUT2D eigenvalue weighted by molar-refractivity contribution is 7.26. The maximum Gasteiger partial charge on any atom is 0.160 e. The third kappa shape index (κ3) is 4.43. The zero-order valence-corrected chi connectivity index (χ0v) is 28.6. The highest BCUT2D eigenvalue weighted by atomic mass is 32.1. The van der Waals surface area contributed by atoms with Crippen molar-refractivity contribution in [2.24, 2.45) is 0 Å². The second-order valence-electron chi connectivity index (χ2n) is 13.1. The molecule has 11 rings (SSSR count). The molecule has 0 fully saturated rings. The van der Waals surface area contributed by atoms with Gasteiger partial charge in [0, 0.05) is 69.4 Å². The Morgan fingerprint density at radius 3 is 1.92 bits per heavy atom. The Labute approximate surface area is 302 Å². The molecule has 0 radical (unpaired) electrons. The topological polar surface area (TPSA) is 51.8 Å². The first-order valence-corrected chi connectivity index (χ1v) is 18.2. The lowest BCUT2D eigenvalue weighted by Gasteiger charge is -2.12. The monoisotopic (exact) mass is 681 g/mol. The van der Waals surface area contributed by atoms with Gasteiger partial charge in [-0.1, -0.05) is 133 Å². The average molecular weight is 682 g/mol. The number of pyridine rings is 1. The molecule has 0 aliphatic heterocycles. The van der Waals surface area contributed by atoms with Gasteiger partial charge in [0.25, 0.3) is 0 Å². The van der Waals surface area contributed by atoms with Crippen LogP contribution in [0.15, 0.2) is 168 Å². The van der Waals surface area contributed by atoms with E-state index in [-0.39, 0.29) is 0 Å². The van der Waals surface area contributed by atoms with Crippen LogP contribution >= 0.6 is 11.3 Å². The number of nitrogens with zero attached hydrogens (tertiary/aromatic N) is 3. The van der Waals surface area contributed by atoms with Crippen LogP contribution in [0, 0.1) is 0 Å². The highest BCUT2D eigenvalue weighted by Crippen LogP contribution is 2.46. The van der Waals surface area contributed by atoms with E-state index < -0.39 is 0 Å². The molecular weight excluding hydrogens is 655 g/mol. The predicted octanol–water partition coefficient (Wildman–Crippen LogP) is 13.1. The van der Waals surface area contributed by atoms with Gasteiger partial charge < -0.3 is 4.42 Å². The zero-order valence-electron chi connectivity index (χ0n) is 27.7. The predicted molar refractivity (Wildman–Crippen MR) is 217 cm³/mol. The van der Waals surface area contributed by atoms with Gasteiger partial charge in [0.15, 0.2) is 5.82 Å². The van der Waals surface area contributed by atoms with Gasteiger partial charge in [-0.05, 0) is 30.3 Å². The number of furan rings is 1. The van der Waals surface area contributed by atoms with Crippen LogP contribution < -0.4 is 0 Å². The fraction of sp³-hybridized carbons (Fsp3) is 0. The second kappa shape index (κ2) is 11.4. The van der Waals surface area contributed by atoms with Crippen LogP contribution in [-0.4, -0.2) is 15.0 Å². The quantitative estimate of drug-likeness (QED) is 0.174. The van der Waals surface area contributed by atoms with Gasteiger partial charge in [-0.3, -0.25) is 0 Å². The van der Waals surface area contributed by atoms with Crippen molar-refractivity contribution in [3.63, 3.8) is 0 Å². The molecule has 7 aromatic carbocycles. The minimum absolute atomic E-state index is 0.675. The van der Waals surface area contributed by atoms with Gasteiger partial charge >= 0.3 is 0 Å². The summed E-state index contributed by atoms with van der Waals surface area (Å²) in [5, 5.41) is 8.16. The molecule has 4 nitrogen and oxygen atoms in total. The molecule has 0 saturated carbocycles. The molecule has 0 N–H and O–H groups in total. The first-order chi connectivity index (χ1) is 25.8. The fourth-order valence-corrected chi connectivity index (χ4v) is 8.97. The summed E-state index contributed by atoms with van der Waals surface area (Å²) in [6.45, 7) is 0. The summed E-state index contributed by atoms with van der Waals surface area (Å²) in [4.78, 5) is 15.6. The molecule has 0 spiro atoms. The Kier molecular flexibility index (Phi) is 6.39. The summed E-state index contributed by atoms with van der Waals surface area (Å²) < 4.78 is 8.92. The van der Waals surface area contributed by atoms with E-state index in [4.69, 9.17) is 19.4 Å². The maximum absolute atomic E-state index is 6.49. The average Bonchev–Trinajstić information content (AvgIpc) is 3.80. The van der Waals surface area contributed by atoms with Crippen molar-refractivity contribution in [1.29, 1.82) is 0 Å². The van der Waals surface area contributed by atoms with Gasteiger partial charge in [-0.15, -0.1) is 11.3 Å². The van der Waals surface area contributed by atoms with E-state index in [1.165, 1.54) is 25.6 Å². The van der Waals surface area contributed by atoms with Gasteiger partial charge in [0.2, 0.25) is 0 Å². The van der Waals surface area contributed by atoms with Crippen molar-refractivity contribution in [3.05, 3.63) is 164 Å². The van der Waals surface area contributed by atoms with Crippen molar-refractivity contribution >= 4 is 75.1 Å². The van der Waals surface area contributed by atoms with E-state index in [0.717, 1.165) is 77.6 Å². The SMILES string of the molecule is c1ccc(-c2nc(-c3cccc4c3oc3ccccc34)cc(-c3cccc4c3sc3ccc5c(-c6ccccc6)nc6ccccc6c5c34)n2)cc1.